The van der Waals surface area contributed by atoms with Crippen molar-refractivity contribution in [3.63, 3.8) is 0 Å². The minimum absolute atomic E-state index is 0.247. The highest BCUT2D eigenvalue weighted by molar-refractivity contribution is 5.58. The van der Waals surface area contributed by atoms with Crippen LogP contribution in [0.4, 0.5) is 4.39 Å². The van der Waals surface area contributed by atoms with Gasteiger partial charge in [0.05, 0.1) is 29.0 Å². The fourth-order valence-corrected chi connectivity index (χ4v) is 3.49. The van der Waals surface area contributed by atoms with Gasteiger partial charge in [-0.05, 0) is 48.2 Å². The molecule has 0 bridgehead atoms. The molecule has 2 aromatic carbocycles. The second-order valence-electron chi connectivity index (χ2n) is 6.82. The molecule has 3 heterocycles. The molecular weight excluding hydrogens is 353 g/mol. The van der Waals surface area contributed by atoms with Gasteiger partial charge in [0.2, 0.25) is 0 Å². The quantitative estimate of drug-likeness (QED) is 0.426. The molecule has 6 heteroatoms. The molecule has 1 aliphatic heterocycles. The maximum Gasteiger partial charge on any atom is 0.135 e. The van der Waals surface area contributed by atoms with Crippen LogP contribution in [0.3, 0.4) is 0 Å². The summed E-state index contributed by atoms with van der Waals surface area (Å²) in [6.45, 7) is 2.06. The summed E-state index contributed by atoms with van der Waals surface area (Å²) in [7, 11) is 0. The minimum atomic E-state index is -0.247. The molecule has 0 unspecified atom stereocenters. The van der Waals surface area contributed by atoms with E-state index in [1.807, 2.05) is 10.7 Å². The van der Waals surface area contributed by atoms with E-state index < -0.39 is 0 Å². The number of benzene rings is 2. The number of halogens is 1. The van der Waals surface area contributed by atoms with Crippen LogP contribution in [-0.4, -0.2) is 24.5 Å². The zero-order valence-corrected chi connectivity index (χ0v) is 15.2. The molecular formula is C22H16FN5. The molecule has 4 aromatic rings. The van der Waals surface area contributed by atoms with Crippen molar-refractivity contribution in [2.45, 2.75) is 19.8 Å². The van der Waals surface area contributed by atoms with Gasteiger partial charge < -0.3 is 0 Å². The van der Waals surface area contributed by atoms with Crippen LogP contribution in [0.1, 0.15) is 28.2 Å². The Morgan fingerprint density at radius 2 is 2.07 bits per heavy atom. The van der Waals surface area contributed by atoms with Crippen LogP contribution in [-0.2, 0) is 12.8 Å². The second-order valence-corrected chi connectivity index (χ2v) is 6.82. The third-order valence-corrected chi connectivity index (χ3v) is 4.84. The number of imidazole rings is 1. The molecule has 0 fully saturated rings. The first-order valence-electron chi connectivity index (χ1n) is 8.99. The molecule has 0 amide bonds. The SMILES string of the molecule is Cc1ccc2c(c1)-n1nncc1Cc1c(C#CCc3cccc(F)c3)ncn1-2. The van der Waals surface area contributed by atoms with Gasteiger partial charge in [-0.15, -0.1) is 5.10 Å². The molecule has 136 valence electrons. The molecule has 0 spiro atoms. The fourth-order valence-electron chi connectivity index (χ4n) is 3.49. The Morgan fingerprint density at radius 1 is 1.14 bits per heavy atom. The first-order valence-corrected chi connectivity index (χ1v) is 8.99. The zero-order chi connectivity index (χ0) is 19.1. The third-order valence-electron chi connectivity index (χ3n) is 4.84. The van der Waals surface area contributed by atoms with Gasteiger partial charge in [-0.3, -0.25) is 4.57 Å². The minimum Gasteiger partial charge on any atom is -0.299 e. The molecule has 0 saturated carbocycles. The summed E-state index contributed by atoms with van der Waals surface area (Å²) < 4.78 is 17.3. The lowest BCUT2D eigenvalue weighted by Gasteiger charge is -2.10. The van der Waals surface area contributed by atoms with Crippen molar-refractivity contribution in [2.24, 2.45) is 0 Å². The van der Waals surface area contributed by atoms with Gasteiger partial charge in [0, 0.05) is 12.8 Å². The summed E-state index contributed by atoms with van der Waals surface area (Å²) in [5.74, 6) is 6.03. The van der Waals surface area contributed by atoms with E-state index in [1.54, 1.807) is 18.6 Å². The van der Waals surface area contributed by atoms with Gasteiger partial charge in [-0.25, -0.2) is 14.1 Å². The van der Waals surface area contributed by atoms with E-state index in [4.69, 9.17) is 0 Å². The summed E-state index contributed by atoms with van der Waals surface area (Å²) in [6.07, 6.45) is 4.68. The van der Waals surface area contributed by atoms with Crippen LogP contribution < -0.4 is 0 Å². The lowest BCUT2D eigenvalue weighted by molar-refractivity contribution is 0.626. The fraction of sp³-hybridized carbons (Fsp3) is 0.136. The zero-order valence-electron chi connectivity index (χ0n) is 15.2. The third kappa shape index (κ3) is 2.78. The Bertz CT molecular complexity index is 1260. The Labute approximate surface area is 161 Å². The van der Waals surface area contributed by atoms with Crippen molar-refractivity contribution in [3.05, 3.63) is 89.0 Å². The van der Waals surface area contributed by atoms with Crippen LogP contribution in [0.2, 0.25) is 0 Å². The number of hydrogen-bond acceptors (Lipinski definition) is 3. The molecule has 0 atom stereocenters. The summed E-state index contributed by atoms with van der Waals surface area (Å²) >= 11 is 0. The Balaban J connectivity index is 1.57. The number of fused-ring (bicyclic) bond motifs is 5. The smallest absolute Gasteiger partial charge is 0.135 e. The van der Waals surface area contributed by atoms with Crippen LogP contribution >= 0.6 is 0 Å². The van der Waals surface area contributed by atoms with Crippen LogP contribution in [0, 0.1) is 24.6 Å². The van der Waals surface area contributed by atoms with Crippen LogP contribution in [0.15, 0.2) is 55.0 Å². The molecule has 0 aliphatic carbocycles. The van der Waals surface area contributed by atoms with E-state index >= 15 is 0 Å². The molecule has 0 radical (unpaired) electrons. The van der Waals surface area contributed by atoms with Gasteiger partial charge in [0.15, 0.2) is 0 Å². The van der Waals surface area contributed by atoms with E-state index in [0.29, 0.717) is 12.8 Å². The first kappa shape index (κ1) is 16.5. The average molecular weight is 369 g/mol. The summed E-state index contributed by atoms with van der Waals surface area (Å²) in [4.78, 5) is 4.53. The Kier molecular flexibility index (Phi) is 3.80. The Hall–Kier alpha value is -3.72. The summed E-state index contributed by atoms with van der Waals surface area (Å²) in [5, 5.41) is 8.35. The highest BCUT2D eigenvalue weighted by Gasteiger charge is 2.22. The maximum absolute atomic E-state index is 13.3. The first-order chi connectivity index (χ1) is 13.7. The van der Waals surface area contributed by atoms with Crippen molar-refractivity contribution in [1.82, 2.24) is 24.5 Å². The van der Waals surface area contributed by atoms with Crippen LogP contribution in [0.5, 0.6) is 0 Å². The maximum atomic E-state index is 13.3. The monoisotopic (exact) mass is 369 g/mol. The molecule has 28 heavy (non-hydrogen) atoms. The van der Waals surface area contributed by atoms with E-state index in [9.17, 15) is 4.39 Å². The predicted octanol–water partition coefficient (Wildman–Crippen LogP) is 3.40. The lowest BCUT2D eigenvalue weighted by Crippen LogP contribution is -2.03. The van der Waals surface area contributed by atoms with Gasteiger partial charge in [-0.2, -0.15) is 0 Å². The molecule has 2 aromatic heterocycles. The van der Waals surface area contributed by atoms with Crippen molar-refractivity contribution < 1.29 is 4.39 Å². The number of aryl methyl sites for hydroxylation is 1. The molecule has 1 aliphatic rings. The second kappa shape index (κ2) is 6.46. The number of nitrogens with zero attached hydrogens (tertiary/aromatic N) is 5. The van der Waals surface area contributed by atoms with Crippen molar-refractivity contribution in [1.29, 1.82) is 0 Å². The summed E-state index contributed by atoms with van der Waals surface area (Å²) in [5.41, 5.74) is 6.67. The standard InChI is InChI=1S/C22H16FN5/c1-15-8-9-20-22(10-15)28-18(13-25-26-28)12-21-19(24-14-27(20)21)7-3-5-16-4-2-6-17(23)11-16/h2,4,6,8-11,13-14H,5,12H2,1H3. The topological polar surface area (TPSA) is 48.5 Å². The van der Waals surface area contributed by atoms with E-state index in [-0.39, 0.29) is 5.82 Å². The normalized spacial score (nSPS) is 11.6. The number of hydrogen-bond donors (Lipinski definition) is 0. The van der Waals surface area contributed by atoms with Gasteiger partial charge in [-0.1, -0.05) is 29.3 Å². The predicted molar refractivity (Wildman–Crippen MR) is 103 cm³/mol. The van der Waals surface area contributed by atoms with E-state index in [2.05, 4.69) is 56.8 Å². The summed E-state index contributed by atoms with van der Waals surface area (Å²) in [6, 6.07) is 12.7. The molecule has 0 saturated heterocycles. The number of rotatable bonds is 1. The Morgan fingerprint density at radius 3 is 2.96 bits per heavy atom. The van der Waals surface area contributed by atoms with Crippen molar-refractivity contribution >= 4 is 0 Å². The lowest BCUT2D eigenvalue weighted by atomic mass is 10.1. The highest BCUT2D eigenvalue weighted by Crippen LogP contribution is 2.29. The van der Waals surface area contributed by atoms with E-state index in [0.717, 1.165) is 39.6 Å². The highest BCUT2D eigenvalue weighted by atomic mass is 19.1. The van der Waals surface area contributed by atoms with E-state index in [1.165, 1.54) is 12.1 Å². The molecule has 5 rings (SSSR count). The van der Waals surface area contributed by atoms with Gasteiger partial charge >= 0.3 is 0 Å². The molecule has 0 N–H and O–H groups in total. The largest absolute Gasteiger partial charge is 0.299 e. The molecule has 5 nitrogen and oxygen atoms in total. The van der Waals surface area contributed by atoms with Crippen molar-refractivity contribution in [2.75, 3.05) is 0 Å². The average Bonchev–Trinajstić information content (AvgIpc) is 3.27. The number of aromatic nitrogens is 5. The van der Waals surface area contributed by atoms with Gasteiger partial charge in [0.1, 0.15) is 17.8 Å². The van der Waals surface area contributed by atoms with Gasteiger partial charge in [0.25, 0.3) is 0 Å². The van der Waals surface area contributed by atoms with Crippen molar-refractivity contribution in [3.8, 4) is 23.2 Å². The van der Waals surface area contributed by atoms with Crippen LogP contribution in [0.25, 0.3) is 11.4 Å².